The summed E-state index contributed by atoms with van der Waals surface area (Å²) in [5.74, 6) is -0.102. The Morgan fingerprint density at radius 2 is 2.20 bits per heavy atom. The van der Waals surface area contributed by atoms with E-state index in [0.29, 0.717) is 17.6 Å². The van der Waals surface area contributed by atoms with Crippen LogP contribution >= 0.6 is 11.3 Å². The number of hydrogen-bond donors (Lipinski definition) is 1. The minimum Gasteiger partial charge on any atom is -0.311 e. The number of anilines is 2. The van der Waals surface area contributed by atoms with Gasteiger partial charge in [0.15, 0.2) is 5.13 Å². The Hall–Kier alpha value is -2.21. The van der Waals surface area contributed by atoms with E-state index >= 15 is 0 Å². The van der Waals surface area contributed by atoms with E-state index in [-0.39, 0.29) is 24.2 Å². The molecule has 1 aliphatic heterocycles. The van der Waals surface area contributed by atoms with E-state index in [9.17, 15) is 9.59 Å². The molecule has 25 heavy (non-hydrogen) atoms. The molecule has 0 spiro atoms. The van der Waals surface area contributed by atoms with E-state index in [1.807, 2.05) is 25.1 Å². The number of aryl methyl sites for hydroxylation is 1. The summed E-state index contributed by atoms with van der Waals surface area (Å²) in [6.07, 6.45) is 2.98. The van der Waals surface area contributed by atoms with Crippen LogP contribution in [0, 0.1) is 12.8 Å². The smallest absolute Gasteiger partial charge is 0.231 e. The first-order valence-electron chi connectivity index (χ1n) is 8.62. The second kappa shape index (κ2) is 7.35. The number of benzene rings is 1. The zero-order chi connectivity index (χ0) is 18.0. The third kappa shape index (κ3) is 3.74. The minimum absolute atomic E-state index is 0.00576. The second-order valence-electron chi connectivity index (χ2n) is 6.54. The monoisotopic (exact) mass is 357 g/mol. The van der Waals surface area contributed by atoms with Gasteiger partial charge in [-0.1, -0.05) is 32.0 Å². The van der Waals surface area contributed by atoms with Crippen molar-refractivity contribution in [2.24, 2.45) is 5.92 Å². The molecule has 3 rings (SSSR count). The number of carbonyl (C=O) groups is 2. The molecule has 1 N–H and O–H groups in total. The van der Waals surface area contributed by atoms with Crippen molar-refractivity contribution in [2.45, 2.75) is 39.5 Å². The van der Waals surface area contributed by atoms with E-state index in [4.69, 9.17) is 0 Å². The van der Waals surface area contributed by atoms with Crippen LogP contribution in [0.15, 0.2) is 30.5 Å². The molecule has 0 bridgehead atoms. The van der Waals surface area contributed by atoms with Gasteiger partial charge in [0.2, 0.25) is 11.8 Å². The number of rotatable bonds is 5. The highest BCUT2D eigenvalue weighted by molar-refractivity contribution is 7.15. The van der Waals surface area contributed by atoms with Crippen molar-refractivity contribution in [3.8, 4) is 0 Å². The van der Waals surface area contributed by atoms with E-state index in [1.54, 1.807) is 11.1 Å². The fraction of sp³-hybridized carbons (Fsp3) is 0.421. The number of aromatic nitrogens is 1. The van der Waals surface area contributed by atoms with E-state index < -0.39 is 0 Å². The lowest BCUT2D eigenvalue weighted by molar-refractivity contribution is -0.122. The van der Waals surface area contributed by atoms with Crippen LogP contribution in [0.5, 0.6) is 0 Å². The molecule has 1 saturated heterocycles. The number of thiazole rings is 1. The van der Waals surface area contributed by atoms with Gasteiger partial charge < -0.3 is 10.2 Å². The molecule has 0 saturated carbocycles. The Bertz CT molecular complexity index is 786. The lowest BCUT2D eigenvalue weighted by Crippen LogP contribution is -2.29. The van der Waals surface area contributed by atoms with Crippen molar-refractivity contribution in [2.75, 3.05) is 16.8 Å². The van der Waals surface area contributed by atoms with Crippen LogP contribution in [0.2, 0.25) is 0 Å². The second-order valence-corrected chi connectivity index (χ2v) is 7.77. The van der Waals surface area contributed by atoms with Crippen molar-refractivity contribution in [1.82, 2.24) is 4.98 Å². The first-order chi connectivity index (χ1) is 12.0. The van der Waals surface area contributed by atoms with Crippen molar-refractivity contribution >= 4 is 34.0 Å². The quantitative estimate of drug-likeness (QED) is 0.881. The van der Waals surface area contributed by atoms with Crippen LogP contribution in [-0.4, -0.2) is 23.3 Å². The highest BCUT2D eigenvalue weighted by atomic mass is 32.1. The molecule has 6 heteroatoms. The standard InChI is InChI=1S/C19H23N3O2S/c1-4-12(2)15-7-5-6-8-16(15)22-11-14(9-17(22)23)18(24)21-19-20-10-13(3)25-19/h5-8,10,12,14H,4,9,11H2,1-3H3,(H,20,21,24)/t12-,14-/m1/s1. The van der Waals surface area contributed by atoms with Gasteiger partial charge in [-0.2, -0.15) is 0 Å². The van der Waals surface area contributed by atoms with Crippen LogP contribution in [0.25, 0.3) is 0 Å². The molecular formula is C19H23N3O2S. The largest absolute Gasteiger partial charge is 0.311 e. The van der Waals surface area contributed by atoms with Crippen LogP contribution in [0.4, 0.5) is 10.8 Å². The maximum Gasteiger partial charge on any atom is 0.231 e. The van der Waals surface area contributed by atoms with E-state index in [0.717, 1.165) is 22.5 Å². The van der Waals surface area contributed by atoms with Gasteiger partial charge in [0, 0.05) is 29.7 Å². The predicted octanol–water partition coefficient (Wildman–Crippen LogP) is 3.96. The van der Waals surface area contributed by atoms with Crippen molar-refractivity contribution in [3.63, 3.8) is 0 Å². The zero-order valence-corrected chi connectivity index (χ0v) is 15.6. The summed E-state index contributed by atoms with van der Waals surface area (Å²) < 4.78 is 0. The molecule has 2 aromatic rings. The van der Waals surface area contributed by atoms with Gasteiger partial charge in [-0.3, -0.25) is 9.59 Å². The maximum absolute atomic E-state index is 12.5. The maximum atomic E-state index is 12.5. The molecule has 0 aliphatic carbocycles. The van der Waals surface area contributed by atoms with E-state index in [1.165, 1.54) is 11.3 Å². The summed E-state index contributed by atoms with van der Waals surface area (Å²) in [6.45, 7) is 6.66. The van der Waals surface area contributed by atoms with Crippen LogP contribution in [0.3, 0.4) is 0 Å². The molecular weight excluding hydrogens is 334 g/mol. The number of nitrogens with one attached hydrogen (secondary N) is 1. The topological polar surface area (TPSA) is 62.3 Å². The van der Waals surface area contributed by atoms with Crippen molar-refractivity contribution in [3.05, 3.63) is 40.9 Å². The summed E-state index contributed by atoms with van der Waals surface area (Å²) in [5.41, 5.74) is 2.09. The summed E-state index contributed by atoms with van der Waals surface area (Å²) in [6, 6.07) is 7.99. The number of hydrogen-bond acceptors (Lipinski definition) is 4. The van der Waals surface area contributed by atoms with Crippen molar-refractivity contribution < 1.29 is 9.59 Å². The highest BCUT2D eigenvalue weighted by Gasteiger charge is 2.36. The fourth-order valence-corrected chi connectivity index (χ4v) is 3.77. The lowest BCUT2D eigenvalue weighted by atomic mass is 9.96. The Labute approximate surface area is 152 Å². The van der Waals surface area contributed by atoms with Gasteiger partial charge >= 0.3 is 0 Å². The molecule has 1 fully saturated rings. The van der Waals surface area contributed by atoms with Gasteiger partial charge in [0.1, 0.15) is 0 Å². The Morgan fingerprint density at radius 3 is 2.88 bits per heavy atom. The third-order valence-corrected chi connectivity index (χ3v) is 5.55. The average molecular weight is 357 g/mol. The summed E-state index contributed by atoms with van der Waals surface area (Å²) >= 11 is 1.44. The normalized spacial score (nSPS) is 18.4. The van der Waals surface area contributed by atoms with Crippen LogP contribution < -0.4 is 10.2 Å². The molecule has 2 atom stereocenters. The SMILES string of the molecule is CC[C@@H](C)c1ccccc1N1C[C@H](C(=O)Nc2ncc(C)s2)CC1=O. The molecule has 1 aromatic heterocycles. The Kier molecular flexibility index (Phi) is 5.18. The molecule has 2 amide bonds. The third-order valence-electron chi connectivity index (χ3n) is 4.72. The van der Waals surface area contributed by atoms with Gasteiger partial charge in [-0.25, -0.2) is 4.98 Å². The first-order valence-corrected chi connectivity index (χ1v) is 9.43. The number of para-hydroxylation sites is 1. The summed E-state index contributed by atoms with van der Waals surface area (Å²) in [7, 11) is 0. The van der Waals surface area contributed by atoms with Crippen molar-refractivity contribution in [1.29, 1.82) is 0 Å². The average Bonchev–Trinajstić information content (AvgIpc) is 3.19. The first kappa shape index (κ1) is 17.6. The van der Waals surface area contributed by atoms with Crippen LogP contribution in [0.1, 0.15) is 43.0 Å². The Balaban J connectivity index is 1.76. The number of carbonyl (C=O) groups excluding carboxylic acids is 2. The van der Waals surface area contributed by atoms with Gasteiger partial charge in [-0.15, -0.1) is 11.3 Å². The van der Waals surface area contributed by atoms with Gasteiger partial charge in [0.05, 0.1) is 5.92 Å². The fourth-order valence-electron chi connectivity index (χ4n) is 3.11. The molecule has 1 aromatic carbocycles. The number of amides is 2. The minimum atomic E-state index is -0.346. The molecule has 2 heterocycles. The van der Waals surface area contributed by atoms with Gasteiger partial charge in [-0.05, 0) is 30.9 Å². The predicted molar refractivity (Wildman–Crippen MR) is 101 cm³/mol. The van der Waals surface area contributed by atoms with Gasteiger partial charge in [0.25, 0.3) is 0 Å². The summed E-state index contributed by atoms with van der Waals surface area (Å²) in [5, 5.41) is 3.43. The lowest BCUT2D eigenvalue weighted by Gasteiger charge is -2.23. The molecule has 5 nitrogen and oxygen atoms in total. The summed E-state index contributed by atoms with van der Waals surface area (Å²) in [4.78, 5) is 32.0. The molecule has 0 radical (unpaired) electrons. The van der Waals surface area contributed by atoms with E-state index in [2.05, 4.69) is 30.2 Å². The number of nitrogens with zero attached hydrogens (tertiary/aromatic N) is 2. The highest BCUT2D eigenvalue weighted by Crippen LogP contribution is 2.33. The molecule has 132 valence electrons. The molecule has 1 aliphatic rings. The zero-order valence-electron chi connectivity index (χ0n) is 14.8. The Morgan fingerprint density at radius 1 is 1.44 bits per heavy atom. The van der Waals surface area contributed by atoms with Crippen LogP contribution in [-0.2, 0) is 9.59 Å². The molecule has 0 unspecified atom stereocenters.